The van der Waals surface area contributed by atoms with Crippen molar-refractivity contribution in [2.24, 2.45) is 0 Å². The van der Waals surface area contributed by atoms with Crippen LogP contribution in [-0.4, -0.2) is 44.3 Å². The zero-order valence-corrected chi connectivity index (χ0v) is 24.9. The van der Waals surface area contributed by atoms with Crippen LogP contribution in [-0.2, 0) is 26.2 Å². The molecule has 0 spiro atoms. The lowest BCUT2D eigenvalue weighted by atomic mass is 10.1. The standard InChI is InChI=1S/C28H30Cl3N3O4S/c1-4-14-32-28(36)20(3)33(17-21-8-9-23(30)16-26(21)31)27(35)18-34(24-7-5-6-19(2)15-24)39(37,38)25-12-10-22(29)11-13-25/h5-13,15-16,20H,4,14,17-18H2,1-3H3,(H,32,36)/t20-/m1/s1. The SMILES string of the molecule is CCCNC(=O)[C@@H](C)N(Cc1ccc(Cl)cc1Cl)C(=O)CN(c1cccc(C)c1)S(=O)(=O)c1ccc(Cl)cc1. The normalized spacial score (nSPS) is 12.1. The zero-order chi connectivity index (χ0) is 28.7. The van der Waals surface area contributed by atoms with Crippen molar-refractivity contribution in [3.8, 4) is 0 Å². The van der Waals surface area contributed by atoms with Crippen molar-refractivity contribution >= 4 is 62.3 Å². The Balaban J connectivity index is 2.04. The van der Waals surface area contributed by atoms with Crippen LogP contribution < -0.4 is 9.62 Å². The van der Waals surface area contributed by atoms with Gasteiger partial charge in [-0.1, -0.05) is 59.9 Å². The van der Waals surface area contributed by atoms with E-state index in [-0.39, 0.29) is 17.3 Å². The number of benzene rings is 3. The lowest BCUT2D eigenvalue weighted by Crippen LogP contribution is -2.51. The minimum absolute atomic E-state index is 0.0257. The first-order chi connectivity index (χ1) is 18.4. The predicted octanol–water partition coefficient (Wildman–Crippen LogP) is 6.09. The van der Waals surface area contributed by atoms with Crippen molar-refractivity contribution in [2.75, 3.05) is 17.4 Å². The van der Waals surface area contributed by atoms with Crippen LogP contribution in [0.2, 0.25) is 15.1 Å². The van der Waals surface area contributed by atoms with E-state index in [9.17, 15) is 18.0 Å². The van der Waals surface area contributed by atoms with Gasteiger partial charge in [0.15, 0.2) is 0 Å². The molecule has 3 rings (SSSR count). The van der Waals surface area contributed by atoms with Gasteiger partial charge in [0, 0.05) is 28.2 Å². The first-order valence-corrected chi connectivity index (χ1v) is 14.9. The van der Waals surface area contributed by atoms with E-state index in [1.54, 1.807) is 43.3 Å². The minimum atomic E-state index is -4.18. The Hall–Kier alpha value is -2.78. The second-order valence-corrected chi connectivity index (χ2v) is 12.2. The Morgan fingerprint density at radius 1 is 0.949 bits per heavy atom. The molecule has 3 aromatic carbocycles. The van der Waals surface area contributed by atoms with E-state index in [2.05, 4.69) is 5.32 Å². The number of halogens is 3. The number of carbonyl (C=O) groups is 2. The Morgan fingerprint density at radius 3 is 2.23 bits per heavy atom. The van der Waals surface area contributed by atoms with Gasteiger partial charge < -0.3 is 10.2 Å². The second-order valence-electron chi connectivity index (χ2n) is 9.03. The summed E-state index contributed by atoms with van der Waals surface area (Å²) < 4.78 is 28.7. The molecule has 0 saturated carbocycles. The molecule has 0 heterocycles. The predicted molar refractivity (Wildman–Crippen MR) is 157 cm³/mol. The number of hydrogen-bond acceptors (Lipinski definition) is 4. The topological polar surface area (TPSA) is 86.8 Å². The summed E-state index contributed by atoms with van der Waals surface area (Å²) in [6.45, 7) is 5.20. The summed E-state index contributed by atoms with van der Waals surface area (Å²) in [5, 5.41) is 3.93. The van der Waals surface area contributed by atoms with E-state index < -0.39 is 28.5 Å². The van der Waals surface area contributed by atoms with Crippen LogP contribution in [0, 0.1) is 6.92 Å². The molecule has 0 radical (unpaired) electrons. The van der Waals surface area contributed by atoms with Gasteiger partial charge in [-0.15, -0.1) is 0 Å². The first kappa shape index (κ1) is 30.8. The molecule has 0 aliphatic carbocycles. The van der Waals surface area contributed by atoms with Crippen molar-refractivity contribution in [3.05, 3.63) is 92.9 Å². The fraction of sp³-hybridized carbons (Fsp3) is 0.286. The molecule has 2 amide bonds. The molecule has 39 heavy (non-hydrogen) atoms. The van der Waals surface area contributed by atoms with Gasteiger partial charge in [-0.3, -0.25) is 13.9 Å². The van der Waals surface area contributed by atoms with Crippen molar-refractivity contribution in [2.45, 2.75) is 44.7 Å². The average Bonchev–Trinajstić information content (AvgIpc) is 2.89. The van der Waals surface area contributed by atoms with Gasteiger partial charge >= 0.3 is 0 Å². The van der Waals surface area contributed by atoms with Crippen LogP contribution in [0.3, 0.4) is 0 Å². The summed E-state index contributed by atoms with van der Waals surface area (Å²) in [5.74, 6) is -0.947. The van der Waals surface area contributed by atoms with Gasteiger partial charge in [0.25, 0.3) is 10.0 Å². The molecule has 11 heteroatoms. The quantitative estimate of drug-likeness (QED) is 0.285. The Labute approximate surface area is 244 Å². The number of amides is 2. The van der Waals surface area contributed by atoms with Crippen molar-refractivity contribution in [3.63, 3.8) is 0 Å². The van der Waals surface area contributed by atoms with Gasteiger partial charge in [0.1, 0.15) is 12.6 Å². The molecule has 0 saturated heterocycles. The zero-order valence-electron chi connectivity index (χ0n) is 21.8. The maximum Gasteiger partial charge on any atom is 0.264 e. The van der Waals surface area contributed by atoms with E-state index in [1.165, 1.54) is 29.2 Å². The smallest absolute Gasteiger partial charge is 0.264 e. The van der Waals surface area contributed by atoms with Crippen LogP contribution in [0.5, 0.6) is 0 Å². The van der Waals surface area contributed by atoms with Gasteiger partial charge in [0.2, 0.25) is 11.8 Å². The molecule has 0 bridgehead atoms. The van der Waals surface area contributed by atoms with Crippen molar-refractivity contribution in [1.82, 2.24) is 10.2 Å². The largest absolute Gasteiger partial charge is 0.354 e. The molecular formula is C28H30Cl3N3O4S. The molecule has 208 valence electrons. The van der Waals surface area contributed by atoms with Crippen molar-refractivity contribution in [1.29, 1.82) is 0 Å². The molecule has 0 aliphatic heterocycles. The average molecular weight is 611 g/mol. The van der Waals surface area contributed by atoms with Gasteiger partial charge in [-0.05, 0) is 79.9 Å². The molecule has 0 aromatic heterocycles. The highest BCUT2D eigenvalue weighted by Gasteiger charge is 2.32. The van der Waals surface area contributed by atoms with Crippen LogP contribution >= 0.6 is 34.8 Å². The van der Waals surface area contributed by atoms with E-state index >= 15 is 0 Å². The Bertz CT molecular complexity index is 1430. The molecule has 1 N–H and O–H groups in total. The highest BCUT2D eigenvalue weighted by atomic mass is 35.5. The summed E-state index contributed by atoms with van der Waals surface area (Å²) in [4.78, 5) is 28.1. The van der Waals surface area contributed by atoms with E-state index in [0.717, 1.165) is 16.3 Å². The fourth-order valence-electron chi connectivity index (χ4n) is 3.86. The molecule has 7 nitrogen and oxygen atoms in total. The fourth-order valence-corrected chi connectivity index (χ4v) is 5.86. The number of hydrogen-bond donors (Lipinski definition) is 1. The summed E-state index contributed by atoms with van der Waals surface area (Å²) in [6, 6.07) is 16.5. The highest BCUT2D eigenvalue weighted by molar-refractivity contribution is 7.92. The Morgan fingerprint density at radius 2 is 1.62 bits per heavy atom. The maximum atomic E-state index is 13.9. The third-order valence-corrected chi connectivity index (χ3v) is 8.67. The molecule has 1 atom stereocenters. The van der Waals surface area contributed by atoms with Crippen LogP contribution in [0.4, 0.5) is 5.69 Å². The van der Waals surface area contributed by atoms with Crippen LogP contribution in [0.1, 0.15) is 31.4 Å². The number of aryl methyl sites for hydroxylation is 1. The number of rotatable bonds is 11. The first-order valence-electron chi connectivity index (χ1n) is 12.3. The lowest BCUT2D eigenvalue weighted by Gasteiger charge is -2.32. The second kappa shape index (κ2) is 13.5. The lowest BCUT2D eigenvalue weighted by molar-refractivity contribution is -0.139. The maximum absolute atomic E-state index is 13.9. The summed E-state index contributed by atoms with van der Waals surface area (Å²) >= 11 is 18.4. The monoisotopic (exact) mass is 609 g/mol. The van der Waals surface area contributed by atoms with Gasteiger partial charge in [-0.25, -0.2) is 8.42 Å². The van der Waals surface area contributed by atoms with E-state index in [0.29, 0.717) is 32.9 Å². The van der Waals surface area contributed by atoms with Gasteiger partial charge in [0.05, 0.1) is 10.6 Å². The number of nitrogens with zero attached hydrogens (tertiary/aromatic N) is 2. The molecule has 0 aliphatic rings. The number of sulfonamides is 1. The highest BCUT2D eigenvalue weighted by Crippen LogP contribution is 2.27. The number of nitrogens with one attached hydrogen (secondary N) is 1. The van der Waals surface area contributed by atoms with Crippen LogP contribution in [0.25, 0.3) is 0 Å². The third-order valence-electron chi connectivity index (χ3n) is 6.04. The molecule has 3 aromatic rings. The molecular weight excluding hydrogens is 581 g/mol. The van der Waals surface area contributed by atoms with E-state index in [1.807, 2.05) is 19.9 Å². The van der Waals surface area contributed by atoms with Crippen LogP contribution in [0.15, 0.2) is 71.6 Å². The number of carbonyl (C=O) groups excluding carboxylic acids is 2. The summed E-state index contributed by atoms with van der Waals surface area (Å²) in [6.07, 6.45) is 0.718. The van der Waals surface area contributed by atoms with Gasteiger partial charge in [-0.2, -0.15) is 0 Å². The number of anilines is 1. The Kier molecular flexibility index (Phi) is 10.7. The summed E-state index contributed by atoms with van der Waals surface area (Å²) in [7, 11) is -4.18. The summed E-state index contributed by atoms with van der Waals surface area (Å²) in [5.41, 5.74) is 1.69. The molecule has 0 fully saturated rings. The van der Waals surface area contributed by atoms with Crippen molar-refractivity contribution < 1.29 is 18.0 Å². The molecule has 0 unspecified atom stereocenters. The third kappa shape index (κ3) is 7.88. The minimum Gasteiger partial charge on any atom is -0.354 e. The van der Waals surface area contributed by atoms with E-state index in [4.69, 9.17) is 34.8 Å².